The summed E-state index contributed by atoms with van der Waals surface area (Å²) in [5.74, 6) is 0.0926. The molecule has 0 saturated heterocycles. The number of benzene rings is 1. The number of nitrogens with one attached hydrogen (secondary N) is 1. The van der Waals surface area contributed by atoms with Gasteiger partial charge in [-0.25, -0.2) is 0 Å². The van der Waals surface area contributed by atoms with E-state index < -0.39 is 0 Å². The number of halogens is 2. The number of anilines is 2. The molecule has 3 N–H and O–H groups in total. The number of hydrogen-bond acceptors (Lipinski definition) is 4. The summed E-state index contributed by atoms with van der Waals surface area (Å²) in [4.78, 5) is 15.6. The molecule has 2 aromatic rings. The summed E-state index contributed by atoms with van der Waals surface area (Å²) in [6.45, 7) is -0.162. The molecule has 0 atom stereocenters. The van der Waals surface area contributed by atoms with Crippen molar-refractivity contribution in [3.63, 3.8) is 0 Å². The van der Waals surface area contributed by atoms with E-state index in [1.165, 1.54) is 12.4 Å². The van der Waals surface area contributed by atoms with Gasteiger partial charge < -0.3 is 15.8 Å². The van der Waals surface area contributed by atoms with Gasteiger partial charge in [0.1, 0.15) is 5.75 Å². The number of rotatable bonds is 4. The molecule has 20 heavy (non-hydrogen) atoms. The summed E-state index contributed by atoms with van der Waals surface area (Å²) in [7, 11) is 0. The Morgan fingerprint density at radius 2 is 2.10 bits per heavy atom. The minimum absolute atomic E-state index is 0.162. The molecular weight excluding hydrogens is 301 g/mol. The van der Waals surface area contributed by atoms with Crippen LogP contribution >= 0.6 is 23.2 Å². The van der Waals surface area contributed by atoms with Gasteiger partial charge in [-0.1, -0.05) is 23.2 Å². The minimum Gasteiger partial charge on any atom is -0.482 e. The average Bonchev–Trinajstić information content (AvgIpc) is 2.41. The number of ether oxygens (including phenoxy) is 1. The first kappa shape index (κ1) is 14.4. The Morgan fingerprint density at radius 3 is 2.80 bits per heavy atom. The fraction of sp³-hybridized carbons (Fsp3) is 0.0769. The molecule has 2 rings (SSSR count). The van der Waals surface area contributed by atoms with Crippen LogP contribution in [0.1, 0.15) is 0 Å². The molecule has 1 heterocycles. The number of nitrogens with two attached hydrogens (primary N) is 1. The molecule has 0 bridgehead atoms. The molecule has 0 spiro atoms. The fourth-order valence-electron chi connectivity index (χ4n) is 1.44. The van der Waals surface area contributed by atoms with Crippen molar-refractivity contribution in [1.29, 1.82) is 0 Å². The molecule has 7 heteroatoms. The Hall–Kier alpha value is -1.98. The van der Waals surface area contributed by atoms with Crippen molar-refractivity contribution in [2.45, 2.75) is 0 Å². The molecular formula is C13H11Cl2N3O2. The van der Waals surface area contributed by atoms with Gasteiger partial charge in [-0.2, -0.15) is 0 Å². The van der Waals surface area contributed by atoms with Gasteiger partial charge in [-0.3, -0.25) is 9.78 Å². The van der Waals surface area contributed by atoms with Crippen LogP contribution < -0.4 is 15.8 Å². The van der Waals surface area contributed by atoms with Gasteiger partial charge in [0.05, 0.1) is 21.9 Å². The minimum atomic E-state index is -0.327. The van der Waals surface area contributed by atoms with Gasteiger partial charge in [0.15, 0.2) is 6.61 Å². The first-order valence-electron chi connectivity index (χ1n) is 5.63. The second-order valence-corrected chi connectivity index (χ2v) is 4.76. The van der Waals surface area contributed by atoms with Crippen molar-refractivity contribution in [2.24, 2.45) is 0 Å². The van der Waals surface area contributed by atoms with Gasteiger partial charge in [-0.15, -0.1) is 0 Å². The van der Waals surface area contributed by atoms with Crippen molar-refractivity contribution in [2.75, 3.05) is 17.7 Å². The number of hydrogen-bond donors (Lipinski definition) is 2. The third-order valence-corrected chi connectivity index (χ3v) is 2.88. The maximum atomic E-state index is 11.7. The van der Waals surface area contributed by atoms with Gasteiger partial charge in [0.25, 0.3) is 5.91 Å². The Morgan fingerprint density at radius 1 is 1.30 bits per heavy atom. The van der Waals surface area contributed by atoms with E-state index in [9.17, 15) is 4.79 Å². The zero-order valence-corrected chi connectivity index (χ0v) is 11.8. The van der Waals surface area contributed by atoms with Gasteiger partial charge in [0.2, 0.25) is 0 Å². The third-order valence-electron chi connectivity index (χ3n) is 2.33. The summed E-state index contributed by atoms with van der Waals surface area (Å²) < 4.78 is 5.26. The number of carbonyl (C=O) groups excluding carboxylic acids is 1. The molecule has 104 valence electrons. The van der Waals surface area contributed by atoms with Crippen LogP contribution in [0.3, 0.4) is 0 Å². The molecule has 1 aromatic heterocycles. The highest BCUT2D eigenvalue weighted by Gasteiger charge is 2.05. The van der Waals surface area contributed by atoms with Gasteiger partial charge in [0, 0.05) is 18.0 Å². The van der Waals surface area contributed by atoms with Crippen LogP contribution in [0.4, 0.5) is 11.4 Å². The molecule has 0 aliphatic heterocycles. The van der Waals surface area contributed by atoms with E-state index in [1.54, 1.807) is 24.3 Å². The lowest BCUT2D eigenvalue weighted by Crippen LogP contribution is -2.20. The van der Waals surface area contributed by atoms with Gasteiger partial charge in [-0.05, 0) is 18.2 Å². The lowest BCUT2D eigenvalue weighted by Gasteiger charge is -2.08. The first-order chi connectivity index (χ1) is 9.54. The lowest BCUT2D eigenvalue weighted by molar-refractivity contribution is -0.118. The Kier molecular flexibility index (Phi) is 4.65. The summed E-state index contributed by atoms with van der Waals surface area (Å²) in [6.07, 6.45) is 2.95. The third kappa shape index (κ3) is 4.01. The number of amides is 1. The number of nitrogen functional groups attached to an aromatic ring is 1. The molecule has 1 aromatic carbocycles. The molecule has 0 fully saturated rings. The quantitative estimate of drug-likeness (QED) is 0.851. The van der Waals surface area contributed by atoms with Crippen LogP contribution in [0, 0.1) is 0 Å². The smallest absolute Gasteiger partial charge is 0.262 e. The van der Waals surface area contributed by atoms with E-state index in [1.807, 2.05) is 0 Å². The van der Waals surface area contributed by atoms with Crippen molar-refractivity contribution in [1.82, 2.24) is 4.98 Å². The van der Waals surface area contributed by atoms with Crippen molar-refractivity contribution in [3.05, 3.63) is 46.7 Å². The summed E-state index contributed by atoms with van der Waals surface area (Å²) in [5, 5.41) is 3.51. The molecule has 0 unspecified atom stereocenters. The Balaban J connectivity index is 1.91. The van der Waals surface area contributed by atoms with E-state index in [2.05, 4.69) is 10.3 Å². The number of pyridine rings is 1. The zero-order chi connectivity index (χ0) is 14.5. The topological polar surface area (TPSA) is 77.2 Å². The van der Waals surface area contributed by atoms with Crippen LogP contribution in [0.5, 0.6) is 5.75 Å². The average molecular weight is 312 g/mol. The van der Waals surface area contributed by atoms with Gasteiger partial charge >= 0.3 is 0 Å². The van der Waals surface area contributed by atoms with Crippen molar-refractivity contribution in [3.8, 4) is 5.75 Å². The number of nitrogens with zero attached hydrogens (tertiary/aromatic N) is 1. The highest BCUT2D eigenvalue weighted by atomic mass is 35.5. The Labute approximate surface area is 125 Å². The molecule has 0 aliphatic carbocycles. The second kappa shape index (κ2) is 6.45. The molecule has 0 aliphatic rings. The van der Waals surface area contributed by atoms with E-state index in [4.69, 9.17) is 33.7 Å². The van der Waals surface area contributed by atoms with Crippen molar-refractivity contribution < 1.29 is 9.53 Å². The second-order valence-electron chi connectivity index (χ2n) is 3.91. The number of carbonyl (C=O) groups is 1. The highest BCUT2D eigenvalue weighted by molar-refractivity contribution is 6.33. The maximum Gasteiger partial charge on any atom is 0.262 e. The number of aromatic nitrogens is 1. The molecule has 0 saturated carbocycles. The monoisotopic (exact) mass is 311 g/mol. The van der Waals surface area contributed by atoms with Crippen LogP contribution in [0.2, 0.25) is 10.0 Å². The lowest BCUT2D eigenvalue weighted by atomic mass is 10.3. The van der Waals surface area contributed by atoms with E-state index in [0.717, 1.165) is 0 Å². The summed E-state index contributed by atoms with van der Waals surface area (Å²) in [5.41, 5.74) is 6.58. The largest absolute Gasteiger partial charge is 0.482 e. The van der Waals surface area contributed by atoms with E-state index >= 15 is 0 Å². The van der Waals surface area contributed by atoms with E-state index in [-0.39, 0.29) is 12.5 Å². The predicted octanol–water partition coefficient (Wildman–Crippen LogP) is 2.99. The highest BCUT2D eigenvalue weighted by Crippen LogP contribution is 2.22. The predicted molar refractivity (Wildman–Crippen MR) is 79.2 cm³/mol. The SMILES string of the molecule is Nc1cc(NC(=O)COc2cncc(Cl)c2)ccc1Cl. The van der Waals surface area contributed by atoms with Crippen LogP contribution in [0.15, 0.2) is 36.7 Å². The molecule has 5 nitrogen and oxygen atoms in total. The van der Waals surface area contributed by atoms with E-state index in [0.29, 0.717) is 27.2 Å². The first-order valence-corrected chi connectivity index (χ1v) is 6.38. The van der Waals surface area contributed by atoms with Crippen molar-refractivity contribution >= 4 is 40.5 Å². The standard InChI is InChI=1S/C13H11Cl2N3O2/c14-8-3-10(6-17-5-8)20-7-13(19)18-9-1-2-11(15)12(16)4-9/h1-6H,7,16H2,(H,18,19). The zero-order valence-electron chi connectivity index (χ0n) is 10.3. The fourth-order valence-corrected chi connectivity index (χ4v) is 1.72. The maximum absolute atomic E-state index is 11.7. The molecule has 0 radical (unpaired) electrons. The van der Waals surface area contributed by atoms with Crippen LogP contribution in [-0.2, 0) is 4.79 Å². The Bertz CT molecular complexity index is 635. The van der Waals surface area contributed by atoms with Crippen LogP contribution in [-0.4, -0.2) is 17.5 Å². The summed E-state index contributed by atoms with van der Waals surface area (Å²) in [6, 6.07) is 6.40. The normalized spacial score (nSPS) is 10.1. The molecule has 1 amide bonds. The van der Waals surface area contributed by atoms with Crippen LogP contribution in [0.25, 0.3) is 0 Å². The summed E-state index contributed by atoms with van der Waals surface area (Å²) >= 11 is 11.5.